The SMILES string of the molecule is CCNC1=NC(Cl)=NC(C(C)(C)C)N1N. The first kappa shape index (κ1) is 12.3. The van der Waals surface area contributed by atoms with Gasteiger partial charge in [-0.15, -0.1) is 0 Å². The fraction of sp³-hybridized carbons (Fsp3) is 0.778. The van der Waals surface area contributed by atoms with Gasteiger partial charge in [-0.25, -0.2) is 10.8 Å². The molecule has 0 aromatic carbocycles. The number of guanidine groups is 1. The van der Waals surface area contributed by atoms with E-state index in [2.05, 4.69) is 36.1 Å². The molecule has 3 N–H and O–H groups in total. The topological polar surface area (TPSA) is 66.0 Å². The summed E-state index contributed by atoms with van der Waals surface area (Å²) in [4.78, 5) is 8.26. The second kappa shape index (κ2) is 4.37. The van der Waals surface area contributed by atoms with E-state index in [4.69, 9.17) is 17.4 Å². The summed E-state index contributed by atoms with van der Waals surface area (Å²) in [5.41, 5.74) is -0.0918. The average molecular weight is 232 g/mol. The number of halogens is 1. The number of hydrogen-bond donors (Lipinski definition) is 2. The summed E-state index contributed by atoms with van der Waals surface area (Å²) in [5, 5.41) is 4.82. The Bertz CT molecular complexity index is 291. The van der Waals surface area contributed by atoms with Crippen molar-refractivity contribution in [3.8, 4) is 0 Å². The maximum Gasteiger partial charge on any atom is 0.223 e. The van der Waals surface area contributed by atoms with E-state index >= 15 is 0 Å². The van der Waals surface area contributed by atoms with E-state index in [0.717, 1.165) is 6.54 Å². The third-order valence-electron chi connectivity index (χ3n) is 2.04. The molecule has 0 amide bonds. The zero-order valence-corrected chi connectivity index (χ0v) is 10.3. The summed E-state index contributed by atoms with van der Waals surface area (Å²) in [7, 11) is 0. The molecule has 0 radical (unpaired) electrons. The van der Waals surface area contributed by atoms with Crippen molar-refractivity contribution in [3.05, 3.63) is 0 Å². The van der Waals surface area contributed by atoms with E-state index in [9.17, 15) is 0 Å². The van der Waals surface area contributed by atoms with Crippen molar-refractivity contribution >= 4 is 22.9 Å². The summed E-state index contributed by atoms with van der Waals surface area (Å²) in [5.74, 6) is 6.50. The van der Waals surface area contributed by atoms with E-state index in [1.54, 1.807) is 0 Å². The molecule has 86 valence electrons. The standard InChI is InChI=1S/C9H18ClN5/c1-5-12-8-14-7(10)13-6(15(8)11)9(2,3)4/h6H,5,11H2,1-4H3,(H,12,13,14). The molecule has 0 bridgehead atoms. The van der Waals surface area contributed by atoms with Crippen LogP contribution in [0, 0.1) is 5.41 Å². The third kappa shape index (κ3) is 2.82. The molecule has 1 atom stereocenters. The van der Waals surface area contributed by atoms with Crippen LogP contribution in [0.5, 0.6) is 0 Å². The lowest BCUT2D eigenvalue weighted by atomic mass is 9.92. The van der Waals surface area contributed by atoms with E-state index in [1.165, 1.54) is 5.01 Å². The maximum absolute atomic E-state index is 5.93. The first-order chi connectivity index (χ1) is 6.86. The zero-order chi connectivity index (χ0) is 11.6. The van der Waals surface area contributed by atoms with Gasteiger partial charge < -0.3 is 5.32 Å². The molecule has 0 aromatic rings. The normalized spacial score (nSPS) is 22.3. The Morgan fingerprint density at radius 3 is 2.60 bits per heavy atom. The molecule has 0 saturated heterocycles. The minimum Gasteiger partial charge on any atom is -0.355 e. The lowest BCUT2D eigenvalue weighted by Gasteiger charge is -2.37. The van der Waals surface area contributed by atoms with Crippen molar-refractivity contribution in [1.29, 1.82) is 0 Å². The lowest BCUT2D eigenvalue weighted by molar-refractivity contribution is 0.169. The molecule has 0 spiro atoms. The van der Waals surface area contributed by atoms with E-state index in [0.29, 0.717) is 5.96 Å². The highest BCUT2D eigenvalue weighted by Crippen LogP contribution is 2.26. The minimum absolute atomic E-state index is 0.0918. The first-order valence-electron chi connectivity index (χ1n) is 4.96. The Balaban J connectivity index is 2.93. The van der Waals surface area contributed by atoms with Gasteiger partial charge in [0.05, 0.1) is 0 Å². The fourth-order valence-corrected chi connectivity index (χ4v) is 1.53. The van der Waals surface area contributed by atoms with Crippen LogP contribution in [0.2, 0.25) is 0 Å². The summed E-state index contributed by atoms with van der Waals surface area (Å²) in [6, 6.07) is 0. The van der Waals surface area contributed by atoms with Gasteiger partial charge in [0.2, 0.25) is 11.3 Å². The lowest BCUT2D eigenvalue weighted by Crippen LogP contribution is -2.57. The van der Waals surface area contributed by atoms with Crippen molar-refractivity contribution in [2.45, 2.75) is 33.9 Å². The predicted molar refractivity (Wildman–Crippen MR) is 63.7 cm³/mol. The monoisotopic (exact) mass is 231 g/mol. The predicted octanol–water partition coefficient (Wildman–Crippen LogP) is 1.11. The minimum atomic E-state index is -0.198. The van der Waals surface area contributed by atoms with Gasteiger partial charge in [0.1, 0.15) is 6.17 Å². The Morgan fingerprint density at radius 2 is 2.13 bits per heavy atom. The van der Waals surface area contributed by atoms with Crippen LogP contribution in [0.15, 0.2) is 9.98 Å². The van der Waals surface area contributed by atoms with Crippen LogP contribution in [-0.2, 0) is 0 Å². The van der Waals surface area contributed by atoms with Crippen molar-refractivity contribution < 1.29 is 0 Å². The quantitative estimate of drug-likeness (QED) is 0.525. The molecule has 1 unspecified atom stereocenters. The van der Waals surface area contributed by atoms with Crippen LogP contribution in [0.3, 0.4) is 0 Å². The number of hydrazine groups is 1. The summed E-state index contributed by atoms with van der Waals surface area (Å²) >= 11 is 5.85. The van der Waals surface area contributed by atoms with Gasteiger partial charge >= 0.3 is 0 Å². The highest BCUT2D eigenvalue weighted by molar-refractivity contribution is 6.65. The number of nitrogens with zero attached hydrogens (tertiary/aromatic N) is 3. The molecule has 0 aromatic heterocycles. The van der Waals surface area contributed by atoms with Gasteiger partial charge in [0, 0.05) is 12.0 Å². The second-order valence-corrected chi connectivity index (χ2v) is 4.85. The van der Waals surface area contributed by atoms with Gasteiger partial charge in [0.15, 0.2) is 0 Å². The smallest absolute Gasteiger partial charge is 0.223 e. The molecule has 1 rings (SSSR count). The van der Waals surface area contributed by atoms with Crippen LogP contribution >= 0.6 is 11.6 Å². The first-order valence-corrected chi connectivity index (χ1v) is 5.34. The number of hydrogen-bond acceptors (Lipinski definition) is 5. The van der Waals surface area contributed by atoms with Crippen LogP contribution in [-0.4, -0.2) is 29.0 Å². The third-order valence-corrected chi connectivity index (χ3v) is 2.23. The largest absolute Gasteiger partial charge is 0.355 e. The number of rotatable bonds is 1. The van der Waals surface area contributed by atoms with Crippen LogP contribution in [0.1, 0.15) is 27.7 Å². The molecule has 6 heteroatoms. The van der Waals surface area contributed by atoms with Gasteiger partial charge in [-0.2, -0.15) is 4.99 Å². The van der Waals surface area contributed by atoms with Gasteiger partial charge in [-0.05, 0) is 18.5 Å². The maximum atomic E-state index is 5.93. The van der Waals surface area contributed by atoms with Gasteiger partial charge in [-0.3, -0.25) is 5.01 Å². The van der Waals surface area contributed by atoms with E-state index in [-0.39, 0.29) is 16.9 Å². The molecule has 1 aliphatic heterocycles. The Morgan fingerprint density at radius 1 is 1.53 bits per heavy atom. The second-order valence-electron chi connectivity index (χ2n) is 4.51. The molecule has 0 fully saturated rings. The molecule has 1 aliphatic rings. The zero-order valence-electron chi connectivity index (χ0n) is 9.58. The highest BCUT2D eigenvalue weighted by Gasteiger charge is 2.33. The number of aliphatic imine (C=N–C) groups is 2. The fourth-order valence-electron chi connectivity index (χ4n) is 1.35. The summed E-state index contributed by atoms with van der Waals surface area (Å²) in [6.07, 6.45) is -0.198. The Hall–Kier alpha value is -0.810. The molecule has 0 saturated carbocycles. The van der Waals surface area contributed by atoms with Crippen molar-refractivity contribution in [1.82, 2.24) is 10.3 Å². The highest BCUT2D eigenvalue weighted by atomic mass is 35.5. The Labute approximate surface area is 95.4 Å². The molecule has 5 nitrogen and oxygen atoms in total. The molecule has 0 aliphatic carbocycles. The number of nitrogens with one attached hydrogen (secondary N) is 1. The molecule has 15 heavy (non-hydrogen) atoms. The van der Waals surface area contributed by atoms with Crippen molar-refractivity contribution in [2.24, 2.45) is 21.2 Å². The average Bonchev–Trinajstić information content (AvgIpc) is 2.09. The van der Waals surface area contributed by atoms with Gasteiger partial charge in [0.25, 0.3) is 0 Å². The van der Waals surface area contributed by atoms with Crippen LogP contribution < -0.4 is 11.2 Å². The molecule has 1 heterocycles. The van der Waals surface area contributed by atoms with Crippen LogP contribution in [0.25, 0.3) is 0 Å². The number of nitrogens with two attached hydrogens (primary N) is 1. The van der Waals surface area contributed by atoms with Gasteiger partial charge in [-0.1, -0.05) is 20.8 Å². The number of amidine groups is 1. The van der Waals surface area contributed by atoms with Crippen molar-refractivity contribution in [3.63, 3.8) is 0 Å². The Kier molecular flexibility index (Phi) is 3.57. The van der Waals surface area contributed by atoms with Crippen molar-refractivity contribution in [2.75, 3.05) is 6.54 Å². The van der Waals surface area contributed by atoms with E-state index < -0.39 is 0 Å². The van der Waals surface area contributed by atoms with E-state index in [1.807, 2.05) is 6.92 Å². The summed E-state index contributed by atoms with van der Waals surface area (Å²) in [6.45, 7) is 8.88. The molecular weight excluding hydrogens is 214 g/mol. The summed E-state index contributed by atoms with van der Waals surface area (Å²) < 4.78 is 0. The van der Waals surface area contributed by atoms with Crippen LogP contribution in [0.4, 0.5) is 0 Å². The molecular formula is C9H18ClN5.